The highest BCUT2D eigenvalue weighted by Gasteiger charge is 2.83. The second-order valence-electron chi connectivity index (χ2n) is 11.4. The molecular formula is C29H38O8. The zero-order valence-electron chi connectivity index (χ0n) is 22.1. The maximum Gasteiger partial charge on any atom is 0.331 e. The first-order valence-electron chi connectivity index (χ1n) is 13.3. The van der Waals surface area contributed by atoms with Gasteiger partial charge in [-0.05, 0) is 40.0 Å². The molecule has 0 aromatic carbocycles. The Morgan fingerprint density at radius 1 is 1.05 bits per heavy atom. The van der Waals surface area contributed by atoms with Crippen LogP contribution in [0, 0.1) is 10.8 Å². The van der Waals surface area contributed by atoms with E-state index in [1.807, 2.05) is 6.92 Å². The van der Waals surface area contributed by atoms with Crippen molar-refractivity contribution in [2.75, 3.05) is 19.8 Å². The van der Waals surface area contributed by atoms with Gasteiger partial charge in [0.25, 0.3) is 0 Å². The Kier molecular flexibility index (Phi) is 6.98. The predicted molar refractivity (Wildman–Crippen MR) is 134 cm³/mol. The molecule has 1 saturated carbocycles. The van der Waals surface area contributed by atoms with Crippen molar-refractivity contribution in [2.45, 2.75) is 89.5 Å². The smallest absolute Gasteiger partial charge is 0.331 e. The van der Waals surface area contributed by atoms with Crippen LogP contribution in [0.25, 0.3) is 0 Å². The summed E-state index contributed by atoms with van der Waals surface area (Å²) in [6.07, 6.45) is 10.5. The Morgan fingerprint density at radius 3 is 2.57 bits per heavy atom. The van der Waals surface area contributed by atoms with Crippen LogP contribution in [0.1, 0.15) is 53.4 Å². The summed E-state index contributed by atoms with van der Waals surface area (Å²) in [5.41, 5.74) is 0.318. The molecule has 8 atom stereocenters. The zero-order valence-corrected chi connectivity index (χ0v) is 22.1. The van der Waals surface area contributed by atoms with Gasteiger partial charge in [-0.2, -0.15) is 0 Å². The van der Waals surface area contributed by atoms with Crippen LogP contribution in [0.5, 0.6) is 0 Å². The van der Waals surface area contributed by atoms with Gasteiger partial charge in [0.05, 0.1) is 36.9 Å². The molecule has 8 heteroatoms. The normalized spacial score (nSPS) is 46.2. The second kappa shape index (κ2) is 9.80. The van der Waals surface area contributed by atoms with Crippen molar-refractivity contribution in [2.24, 2.45) is 10.8 Å². The van der Waals surface area contributed by atoms with Gasteiger partial charge in [-0.25, -0.2) is 9.59 Å². The number of esters is 2. The number of aliphatic hydroxyl groups is 1. The summed E-state index contributed by atoms with van der Waals surface area (Å²) >= 11 is 0. The number of carbonyl (C=O) groups is 2. The molecule has 2 saturated heterocycles. The SMILES string of the molecule is CC1=C[C@H]2O[C@@H]3C[C@H]4OC(=O)/C=C\C=C/[C@@H]([C@@H](C)O)OCC/C(C)=C\C(=O)OC[C@@]2(CC1)[C@]4(C)[C@@]31CO1. The molecule has 2 aliphatic carbocycles. The van der Waals surface area contributed by atoms with E-state index < -0.39 is 46.7 Å². The van der Waals surface area contributed by atoms with Crippen molar-refractivity contribution in [1.82, 2.24) is 0 Å². The first-order valence-corrected chi connectivity index (χ1v) is 13.3. The molecule has 0 radical (unpaired) electrons. The van der Waals surface area contributed by atoms with Crippen LogP contribution in [-0.2, 0) is 33.3 Å². The van der Waals surface area contributed by atoms with E-state index in [9.17, 15) is 14.7 Å². The molecule has 2 bridgehead atoms. The predicted octanol–water partition coefficient (Wildman–Crippen LogP) is 3.34. The summed E-state index contributed by atoms with van der Waals surface area (Å²) in [7, 11) is 0. The molecule has 0 unspecified atom stereocenters. The van der Waals surface area contributed by atoms with Crippen molar-refractivity contribution in [3.63, 3.8) is 0 Å². The zero-order chi connectivity index (χ0) is 26.4. The lowest BCUT2D eigenvalue weighted by Gasteiger charge is -2.58. The van der Waals surface area contributed by atoms with Crippen molar-refractivity contribution in [3.05, 3.63) is 47.6 Å². The standard InChI is InChI=1S/C29H38O8/c1-18-9-11-28-16-34-26(32)14-19(2)10-12-33-21(20(3)30)7-5-6-8-25(31)37-22-15-24(36-23(28)13-18)29(17-35-29)27(22,28)4/h5-8,13-14,20-24,30H,9-12,15-17H2,1-4H3/b7-5-,8-6-,19-14-/t20-,21+,22-,23-,24-,27-,28-,29-/m1/s1. The lowest BCUT2D eigenvalue weighted by atomic mass is 9.51. The van der Waals surface area contributed by atoms with Gasteiger partial charge in [0.1, 0.15) is 24.4 Å². The van der Waals surface area contributed by atoms with E-state index in [4.69, 9.17) is 23.7 Å². The largest absolute Gasteiger partial charge is 0.462 e. The highest BCUT2D eigenvalue weighted by atomic mass is 16.6. The van der Waals surface area contributed by atoms with Crippen LogP contribution in [0.15, 0.2) is 47.6 Å². The molecule has 2 spiro atoms. The van der Waals surface area contributed by atoms with Gasteiger partial charge in [-0.1, -0.05) is 42.4 Å². The van der Waals surface area contributed by atoms with Crippen LogP contribution in [0.4, 0.5) is 0 Å². The monoisotopic (exact) mass is 514 g/mol. The van der Waals surface area contributed by atoms with E-state index in [-0.39, 0.29) is 18.8 Å². The van der Waals surface area contributed by atoms with Gasteiger partial charge in [0.2, 0.25) is 0 Å². The minimum atomic E-state index is -0.735. The number of ether oxygens (including phenoxy) is 5. The van der Waals surface area contributed by atoms with Gasteiger partial charge in [-0.3, -0.25) is 0 Å². The van der Waals surface area contributed by atoms with Crippen LogP contribution in [0.3, 0.4) is 0 Å². The van der Waals surface area contributed by atoms with Crippen molar-refractivity contribution >= 4 is 11.9 Å². The summed E-state index contributed by atoms with van der Waals surface area (Å²) in [5.74, 6) is -0.879. The lowest BCUT2D eigenvalue weighted by molar-refractivity contribution is -0.232. The molecule has 8 nitrogen and oxygen atoms in total. The Bertz CT molecular complexity index is 1050. The molecule has 202 valence electrons. The molecule has 37 heavy (non-hydrogen) atoms. The Morgan fingerprint density at radius 2 is 1.84 bits per heavy atom. The van der Waals surface area contributed by atoms with Gasteiger partial charge < -0.3 is 28.8 Å². The molecule has 3 aliphatic heterocycles. The minimum Gasteiger partial charge on any atom is -0.462 e. The number of allylic oxidation sites excluding steroid dienone is 3. The van der Waals surface area contributed by atoms with Crippen LogP contribution in [-0.4, -0.2) is 73.0 Å². The first-order chi connectivity index (χ1) is 17.6. The summed E-state index contributed by atoms with van der Waals surface area (Å²) in [5, 5.41) is 10.0. The highest BCUT2D eigenvalue weighted by molar-refractivity contribution is 5.83. The molecule has 3 heterocycles. The second-order valence-corrected chi connectivity index (χ2v) is 11.4. The summed E-state index contributed by atoms with van der Waals surface area (Å²) in [4.78, 5) is 25.9. The number of carbonyl (C=O) groups excluding carboxylic acids is 2. The van der Waals surface area contributed by atoms with Crippen molar-refractivity contribution < 1.29 is 38.4 Å². The van der Waals surface area contributed by atoms with Crippen molar-refractivity contribution in [3.8, 4) is 0 Å². The molecule has 0 aromatic rings. The first kappa shape index (κ1) is 26.4. The van der Waals surface area contributed by atoms with E-state index in [1.54, 1.807) is 25.2 Å². The topological polar surface area (TPSA) is 104 Å². The van der Waals surface area contributed by atoms with E-state index >= 15 is 0 Å². The quantitative estimate of drug-likeness (QED) is 0.323. The maximum absolute atomic E-state index is 12.9. The van der Waals surface area contributed by atoms with E-state index in [0.717, 1.165) is 18.4 Å². The lowest BCUT2D eigenvalue weighted by Crippen LogP contribution is -2.66. The Hall–Kier alpha value is -2.26. The molecule has 1 N–H and O–H groups in total. The molecule has 0 aromatic heterocycles. The van der Waals surface area contributed by atoms with Crippen LogP contribution >= 0.6 is 0 Å². The Labute approximate surface area is 218 Å². The fourth-order valence-corrected chi connectivity index (χ4v) is 6.85. The summed E-state index contributed by atoms with van der Waals surface area (Å²) in [6, 6.07) is 0. The molecule has 0 amide bonds. The maximum atomic E-state index is 12.9. The van der Waals surface area contributed by atoms with Gasteiger partial charge in [0.15, 0.2) is 0 Å². The van der Waals surface area contributed by atoms with Crippen LogP contribution in [0.2, 0.25) is 0 Å². The average Bonchev–Trinajstić information content (AvgIpc) is 3.61. The van der Waals surface area contributed by atoms with Gasteiger partial charge in [-0.15, -0.1) is 0 Å². The van der Waals surface area contributed by atoms with Gasteiger partial charge >= 0.3 is 11.9 Å². The molecule has 3 fully saturated rings. The third-order valence-corrected chi connectivity index (χ3v) is 9.24. The number of hydrogen-bond donors (Lipinski definition) is 1. The average molecular weight is 515 g/mol. The highest BCUT2D eigenvalue weighted by Crippen LogP contribution is 2.72. The summed E-state index contributed by atoms with van der Waals surface area (Å²) in [6.45, 7) is 8.73. The number of cyclic esters (lactones) is 1. The van der Waals surface area contributed by atoms with E-state index in [2.05, 4.69) is 19.9 Å². The van der Waals surface area contributed by atoms with Gasteiger partial charge in [0, 0.05) is 24.0 Å². The van der Waals surface area contributed by atoms with Crippen molar-refractivity contribution in [1.29, 1.82) is 0 Å². The van der Waals surface area contributed by atoms with Crippen LogP contribution < -0.4 is 0 Å². The third kappa shape index (κ3) is 4.42. The fourth-order valence-electron chi connectivity index (χ4n) is 6.85. The number of epoxide rings is 1. The molecule has 5 aliphatic rings. The molecule has 5 rings (SSSR count). The third-order valence-electron chi connectivity index (χ3n) is 9.24. The van der Waals surface area contributed by atoms with E-state index in [1.165, 1.54) is 17.7 Å². The number of rotatable bonds is 1. The number of hydrogen-bond acceptors (Lipinski definition) is 8. The molecular weight excluding hydrogens is 476 g/mol. The van der Waals surface area contributed by atoms with E-state index in [0.29, 0.717) is 26.1 Å². The minimum absolute atomic E-state index is 0.144. The fraction of sp³-hybridized carbons (Fsp3) is 0.655. The Balaban J connectivity index is 1.51. The summed E-state index contributed by atoms with van der Waals surface area (Å²) < 4.78 is 30.6. The number of aliphatic hydroxyl groups excluding tert-OH is 1.